The third kappa shape index (κ3) is 2.96. The van der Waals surface area contributed by atoms with Gasteiger partial charge in [-0.1, -0.05) is 13.8 Å². The average Bonchev–Trinajstić information content (AvgIpc) is 2.37. The number of hydrogen-bond donors (Lipinski definition) is 0. The molecule has 2 atom stereocenters. The van der Waals surface area contributed by atoms with Crippen molar-refractivity contribution in [3.8, 4) is 0 Å². The normalized spacial score (nSPS) is 23.6. The Hall–Kier alpha value is -1.82. The standard InChI is InChI=1S/C13H16N2O4/c1-8(2)12-5-9(16)6-13(19-12)10-3-4-14-7-11(10)15(17)18/h3-4,7-8,12-13H,5-6H2,1-2H3/t12-,13+/m0/s1. The van der Waals surface area contributed by atoms with Gasteiger partial charge in [-0.3, -0.25) is 19.9 Å². The predicted octanol–water partition coefficient (Wildman–Crippen LogP) is 2.44. The number of ether oxygens (including phenoxy) is 1. The second-order valence-corrected chi connectivity index (χ2v) is 5.05. The third-order valence-corrected chi connectivity index (χ3v) is 3.30. The van der Waals surface area contributed by atoms with Gasteiger partial charge < -0.3 is 4.74 Å². The van der Waals surface area contributed by atoms with Crippen LogP contribution in [0.25, 0.3) is 0 Å². The highest BCUT2D eigenvalue weighted by Crippen LogP contribution is 2.35. The summed E-state index contributed by atoms with van der Waals surface area (Å²) in [5.74, 6) is 0.286. The molecule has 102 valence electrons. The highest BCUT2D eigenvalue weighted by molar-refractivity contribution is 5.80. The molecular weight excluding hydrogens is 248 g/mol. The van der Waals surface area contributed by atoms with E-state index in [4.69, 9.17) is 4.74 Å². The SMILES string of the molecule is CC(C)[C@@H]1CC(=O)C[C@H](c2ccncc2[N+](=O)[O-])O1. The van der Waals surface area contributed by atoms with Crippen LogP contribution in [0.5, 0.6) is 0 Å². The highest BCUT2D eigenvalue weighted by atomic mass is 16.6. The fourth-order valence-corrected chi connectivity index (χ4v) is 2.22. The van der Waals surface area contributed by atoms with E-state index in [1.165, 1.54) is 12.4 Å². The zero-order chi connectivity index (χ0) is 14.0. The molecule has 2 heterocycles. The van der Waals surface area contributed by atoms with Crippen LogP contribution >= 0.6 is 0 Å². The van der Waals surface area contributed by atoms with E-state index in [0.29, 0.717) is 12.0 Å². The number of pyridine rings is 1. The van der Waals surface area contributed by atoms with Gasteiger partial charge in [-0.25, -0.2) is 0 Å². The first-order valence-electron chi connectivity index (χ1n) is 6.24. The summed E-state index contributed by atoms with van der Waals surface area (Å²) in [5.41, 5.74) is 0.336. The minimum atomic E-state index is -0.544. The summed E-state index contributed by atoms with van der Waals surface area (Å²) in [5, 5.41) is 11.0. The molecular formula is C13H16N2O4. The first kappa shape index (κ1) is 13.6. The number of hydrogen-bond acceptors (Lipinski definition) is 5. The molecule has 0 radical (unpaired) electrons. The molecule has 1 aromatic heterocycles. The van der Waals surface area contributed by atoms with E-state index >= 15 is 0 Å². The molecule has 6 heteroatoms. The number of nitro groups is 1. The molecule has 0 bridgehead atoms. The largest absolute Gasteiger partial charge is 0.369 e. The molecule has 0 aromatic carbocycles. The summed E-state index contributed by atoms with van der Waals surface area (Å²) in [7, 11) is 0. The molecule has 1 aliphatic rings. The van der Waals surface area contributed by atoms with Gasteiger partial charge in [0, 0.05) is 19.0 Å². The quantitative estimate of drug-likeness (QED) is 0.618. The molecule has 0 spiro atoms. The molecule has 0 unspecified atom stereocenters. The van der Waals surface area contributed by atoms with Crippen LogP contribution in [0, 0.1) is 16.0 Å². The number of aromatic nitrogens is 1. The smallest absolute Gasteiger partial charge is 0.293 e. The number of nitrogens with zero attached hydrogens (tertiary/aromatic N) is 2. The third-order valence-electron chi connectivity index (χ3n) is 3.30. The van der Waals surface area contributed by atoms with Crippen LogP contribution in [-0.2, 0) is 9.53 Å². The molecule has 19 heavy (non-hydrogen) atoms. The Morgan fingerprint density at radius 1 is 1.47 bits per heavy atom. The van der Waals surface area contributed by atoms with Crippen molar-refractivity contribution in [2.45, 2.75) is 38.9 Å². The van der Waals surface area contributed by atoms with Gasteiger partial charge in [-0.05, 0) is 12.0 Å². The summed E-state index contributed by atoms with van der Waals surface area (Å²) in [6, 6.07) is 1.55. The zero-order valence-corrected chi connectivity index (χ0v) is 10.9. The number of Topliss-reactive ketones (excluding diaryl/α,β-unsaturated/α-hetero) is 1. The molecule has 0 aliphatic carbocycles. The van der Waals surface area contributed by atoms with Gasteiger partial charge in [0.25, 0.3) is 5.69 Å². The number of carbonyl (C=O) groups excluding carboxylic acids is 1. The van der Waals surface area contributed by atoms with Crippen molar-refractivity contribution in [2.75, 3.05) is 0 Å². The highest BCUT2D eigenvalue weighted by Gasteiger charge is 2.33. The average molecular weight is 264 g/mol. The van der Waals surface area contributed by atoms with Crippen LogP contribution < -0.4 is 0 Å². The van der Waals surface area contributed by atoms with E-state index in [1.54, 1.807) is 6.07 Å². The molecule has 1 saturated heterocycles. The van der Waals surface area contributed by atoms with Crippen LogP contribution in [0.4, 0.5) is 5.69 Å². The van der Waals surface area contributed by atoms with Crippen molar-refractivity contribution in [3.05, 3.63) is 34.1 Å². The second-order valence-electron chi connectivity index (χ2n) is 5.05. The number of ketones is 1. The summed E-state index contributed by atoms with van der Waals surface area (Å²) in [6.45, 7) is 3.95. The predicted molar refractivity (Wildman–Crippen MR) is 67.6 cm³/mol. The maximum absolute atomic E-state index is 11.8. The lowest BCUT2D eigenvalue weighted by Crippen LogP contribution is -2.32. The van der Waals surface area contributed by atoms with Crippen LogP contribution in [-0.4, -0.2) is 21.8 Å². The van der Waals surface area contributed by atoms with Crippen LogP contribution in [0.3, 0.4) is 0 Å². The number of carbonyl (C=O) groups is 1. The van der Waals surface area contributed by atoms with Crippen molar-refractivity contribution in [1.82, 2.24) is 4.98 Å². The van der Waals surface area contributed by atoms with Crippen molar-refractivity contribution in [3.63, 3.8) is 0 Å². The van der Waals surface area contributed by atoms with Crippen molar-refractivity contribution >= 4 is 11.5 Å². The van der Waals surface area contributed by atoms with Crippen LogP contribution in [0.15, 0.2) is 18.5 Å². The molecule has 0 N–H and O–H groups in total. The molecule has 1 fully saturated rings. The Labute approximate surface area is 110 Å². The van der Waals surface area contributed by atoms with Crippen LogP contribution in [0.2, 0.25) is 0 Å². The molecule has 0 amide bonds. The fraction of sp³-hybridized carbons (Fsp3) is 0.538. The lowest BCUT2D eigenvalue weighted by Gasteiger charge is -2.31. The second kappa shape index (κ2) is 5.44. The van der Waals surface area contributed by atoms with E-state index in [9.17, 15) is 14.9 Å². The Kier molecular flexibility index (Phi) is 3.90. The van der Waals surface area contributed by atoms with Gasteiger partial charge in [-0.15, -0.1) is 0 Å². The van der Waals surface area contributed by atoms with E-state index in [2.05, 4.69) is 4.98 Å². The monoisotopic (exact) mass is 264 g/mol. The Morgan fingerprint density at radius 3 is 2.84 bits per heavy atom. The van der Waals surface area contributed by atoms with Crippen molar-refractivity contribution in [1.29, 1.82) is 0 Å². The molecule has 1 aliphatic heterocycles. The lowest BCUT2D eigenvalue weighted by atomic mass is 9.92. The maximum Gasteiger partial charge on any atom is 0.293 e. The summed E-state index contributed by atoms with van der Waals surface area (Å²) in [4.78, 5) is 26.0. The van der Waals surface area contributed by atoms with E-state index in [-0.39, 0.29) is 29.9 Å². The van der Waals surface area contributed by atoms with Gasteiger partial charge in [0.15, 0.2) is 0 Å². The zero-order valence-electron chi connectivity index (χ0n) is 10.9. The summed E-state index contributed by atoms with van der Waals surface area (Å²) < 4.78 is 5.84. The fourth-order valence-electron chi connectivity index (χ4n) is 2.22. The van der Waals surface area contributed by atoms with Gasteiger partial charge >= 0.3 is 0 Å². The Bertz CT molecular complexity index is 501. The minimum absolute atomic E-state index is 0.0843. The first-order chi connectivity index (χ1) is 8.99. The summed E-state index contributed by atoms with van der Waals surface area (Å²) >= 11 is 0. The minimum Gasteiger partial charge on any atom is -0.369 e. The first-order valence-corrected chi connectivity index (χ1v) is 6.24. The van der Waals surface area contributed by atoms with Crippen molar-refractivity contribution in [2.24, 2.45) is 5.92 Å². The Balaban J connectivity index is 2.30. The molecule has 1 aromatic rings. The van der Waals surface area contributed by atoms with Gasteiger partial charge in [0.1, 0.15) is 12.0 Å². The summed E-state index contributed by atoms with van der Waals surface area (Å²) in [6.07, 6.45) is 2.52. The van der Waals surface area contributed by atoms with E-state index in [0.717, 1.165) is 0 Å². The van der Waals surface area contributed by atoms with Gasteiger partial charge in [0.2, 0.25) is 0 Å². The molecule has 2 rings (SSSR count). The lowest BCUT2D eigenvalue weighted by molar-refractivity contribution is -0.386. The van der Waals surface area contributed by atoms with E-state index < -0.39 is 11.0 Å². The van der Waals surface area contributed by atoms with Crippen LogP contribution in [0.1, 0.15) is 38.4 Å². The number of rotatable bonds is 3. The van der Waals surface area contributed by atoms with E-state index in [1.807, 2.05) is 13.8 Å². The maximum atomic E-state index is 11.8. The van der Waals surface area contributed by atoms with Gasteiger partial charge in [-0.2, -0.15) is 0 Å². The molecule has 0 saturated carbocycles. The topological polar surface area (TPSA) is 82.3 Å². The molecule has 6 nitrogen and oxygen atoms in total. The van der Waals surface area contributed by atoms with Gasteiger partial charge in [0.05, 0.1) is 22.7 Å². The Morgan fingerprint density at radius 2 is 2.21 bits per heavy atom. The van der Waals surface area contributed by atoms with Crippen molar-refractivity contribution < 1.29 is 14.5 Å².